The van der Waals surface area contributed by atoms with Crippen molar-refractivity contribution in [2.75, 3.05) is 0 Å². The molecular formula is C15H14N4O5. The summed E-state index contributed by atoms with van der Waals surface area (Å²) in [6, 6.07) is 3.58. The summed E-state index contributed by atoms with van der Waals surface area (Å²) in [5, 5.41) is 14.6. The van der Waals surface area contributed by atoms with Gasteiger partial charge in [0.2, 0.25) is 5.89 Å². The van der Waals surface area contributed by atoms with Gasteiger partial charge in [-0.3, -0.25) is 24.6 Å². The molecule has 1 aliphatic heterocycles. The topological polar surface area (TPSA) is 119 Å². The number of aromatic nitrogens is 2. The lowest BCUT2D eigenvalue weighted by Gasteiger charge is -2.09. The van der Waals surface area contributed by atoms with Crippen molar-refractivity contribution in [3.05, 3.63) is 51.2 Å². The maximum atomic E-state index is 12.4. The molecule has 9 heteroatoms. The standard InChI is InChI=1S/C15H14N4O5/c1-8(2)5-12-16-13(24-17-12)7-18-14(20)10-4-3-9(19(22)23)6-11(10)15(18)21/h3-4,6,8H,5,7H2,1-2H3. The second-order valence-corrected chi connectivity index (χ2v) is 5.89. The first kappa shape index (κ1) is 15.8. The highest BCUT2D eigenvalue weighted by atomic mass is 16.6. The highest BCUT2D eigenvalue weighted by Gasteiger charge is 2.37. The van der Waals surface area contributed by atoms with Crippen LogP contribution in [0.25, 0.3) is 0 Å². The average Bonchev–Trinajstić information content (AvgIpc) is 3.05. The van der Waals surface area contributed by atoms with E-state index in [0.717, 1.165) is 11.0 Å². The predicted molar refractivity (Wildman–Crippen MR) is 80.1 cm³/mol. The van der Waals surface area contributed by atoms with Crippen LogP contribution in [0.2, 0.25) is 0 Å². The van der Waals surface area contributed by atoms with Crippen LogP contribution in [0.3, 0.4) is 0 Å². The molecule has 0 saturated carbocycles. The molecule has 24 heavy (non-hydrogen) atoms. The maximum Gasteiger partial charge on any atom is 0.270 e. The van der Waals surface area contributed by atoms with Gasteiger partial charge in [0.25, 0.3) is 17.5 Å². The van der Waals surface area contributed by atoms with Crippen LogP contribution >= 0.6 is 0 Å². The summed E-state index contributed by atoms with van der Waals surface area (Å²) in [5.41, 5.74) is -0.0996. The average molecular weight is 330 g/mol. The first-order valence-corrected chi connectivity index (χ1v) is 7.33. The van der Waals surface area contributed by atoms with Gasteiger partial charge in [0.05, 0.1) is 16.1 Å². The largest absolute Gasteiger partial charge is 0.337 e. The molecule has 1 aliphatic rings. The number of carbonyl (C=O) groups excluding carboxylic acids is 2. The summed E-state index contributed by atoms with van der Waals surface area (Å²) in [6.45, 7) is 3.85. The Bertz CT molecular complexity index is 842. The van der Waals surface area contributed by atoms with E-state index in [0.29, 0.717) is 18.2 Å². The number of non-ortho nitro benzene ring substituents is 1. The number of rotatable bonds is 5. The van der Waals surface area contributed by atoms with Gasteiger partial charge in [0, 0.05) is 18.6 Å². The Balaban J connectivity index is 1.83. The zero-order valence-corrected chi connectivity index (χ0v) is 13.1. The summed E-state index contributed by atoms with van der Waals surface area (Å²) in [6.07, 6.45) is 0.623. The van der Waals surface area contributed by atoms with Crippen LogP contribution in [0, 0.1) is 16.0 Å². The molecule has 9 nitrogen and oxygen atoms in total. The van der Waals surface area contributed by atoms with Crippen LogP contribution in [0.5, 0.6) is 0 Å². The molecule has 2 amide bonds. The third kappa shape index (κ3) is 2.75. The van der Waals surface area contributed by atoms with E-state index in [2.05, 4.69) is 10.1 Å². The number of carbonyl (C=O) groups is 2. The Morgan fingerprint density at radius 2 is 1.96 bits per heavy atom. The van der Waals surface area contributed by atoms with Gasteiger partial charge in [-0.05, 0) is 12.0 Å². The lowest BCUT2D eigenvalue weighted by Crippen LogP contribution is -2.29. The van der Waals surface area contributed by atoms with Crippen molar-refractivity contribution >= 4 is 17.5 Å². The number of fused-ring (bicyclic) bond motifs is 1. The number of amides is 2. The Morgan fingerprint density at radius 1 is 1.25 bits per heavy atom. The Hall–Kier alpha value is -3.10. The van der Waals surface area contributed by atoms with Crippen molar-refractivity contribution in [2.24, 2.45) is 5.92 Å². The molecule has 0 saturated heterocycles. The molecule has 0 bridgehead atoms. The van der Waals surface area contributed by atoms with Gasteiger partial charge in [0.1, 0.15) is 6.54 Å². The predicted octanol–water partition coefficient (Wildman–Crippen LogP) is 1.97. The first-order valence-electron chi connectivity index (χ1n) is 7.33. The van der Waals surface area contributed by atoms with Crippen LogP contribution in [0.15, 0.2) is 22.7 Å². The van der Waals surface area contributed by atoms with Gasteiger partial charge in [-0.15, -0.1) is 0 Å². The smallest absolute Gasteiger partial charge is 0.270 e. The molecule has 1 aromatic heterocycles. The van der Waals surface area contributed by atoms with E-state index >= 15 is 0 Å². The second-order valence-electron chi connectivity index (χ2n) is 5.89. The summed E-state index contributed by atoms with van der Waals surface area (Å²) in [7, 11) is 0. The third-order valence-corrected chi connectivity index (χ3v) is 3.56. The van der Waals surface area contributed by atoms with Gasteiger partial charge in [-0.25, -0.2) is 0 Å². The van der Waals surface area contributed by atoms with E-state index in [1.807, 2.05) is 13.8 Å². The first-order chi connectivity index (χ1) is 11.4. The molecular weight excluding hydrogens is 316 g/mol. The van der Waals surface area contributed by atoms with Crippen molar-refractivity contribution in [2.45, 2.75) is 26.8 Å². The lowest BCUT2D eigenvalue weighted by molar-refractivity contribution is -0.384. The number of benzene rings is 1. The minimum absolute atomic E-state index is 0.0103. The molecule has 3 rings (SSSR count). The van der Waals surface area contributed by atoms with E-state index in [4.69, 9.17) is 4.52 Å². The number of hydrogen-bond acceptors (Lipinski definition) is 7. The van der Waals surface area contributed by atoms with Crippen molar-refractivity contribution < 1.29 is 19.0 Å². The number of imide groups is 1. The lowest BCUT2D eigenvalue weighted by atomic mass is 10.1. The molecule has 0 fully saturated rings. The van der Waals surface area contributed by atoms with Gasteiger partial charge < -0.3 is 4.52 Å². The molecule has 0 unspecified atom stereocenters. The third-order valence-electron chi connectivity index (χ3n) is 3.56. The van der Waals surface area contributed by atoms with E-state index in [-0.39, 0.29) is 29.2 Å². The van der Waals surface area contributed by atoms with Gasteiger partial charge in [0.15, 0.2) is 5.82 Å². The molecule has 0 radical (unpaired) electrons. The van der Waals surface area contributed by atoms with Gasteiger partial charge in [-0.1, -0.05) is 19.0 Å². The summed E-state index contributed by atoms with van der Waals surface area (Å²) < 4.78 is 5.07. The molecule has 0 atom stereocenters. The van der Waals surface area contributed by atoms with Crippen LogP contribution in [0.4, 0.5) is 5.69 Å². The van der Waals surface area contributed by atoms with E-state index in [9.17, 15) is 19.7 Å². The van der Waals surface area contributed by atoms with Crippen LogP contribution in [0.1, 0.15) is 46.3 Å². The van der Waals surface area contributed by atoms with Crippen LogP contribution < -0.4 is 0 Å². The molecule has 0 N–H and O–H groups in total. The van der Waals surface area contributed by atoms with Gasteiger partial charge in [-0.2, -0.15) is 4.98 Å². The zero-order chi connectivity index (χ0) is 17.4. The quantitative estimate of drug-likeness (QED) is 0.467. The fourth-order valence-electron chi connectivity index (χ4n) is 2.47. The second kappa shape index (κ2) is 5.84. The Morgan fingerprint density at radius 3 is 2.62 bits per heavy atom. The Kier molecular flexibility index (Phi) is 3.84. The van der Waals surface area contributed by atoms with Crippen molar-refractivity contribution in [3.8, 4) is 0 Å². The maximum absolute atomic E-state index is 12.4. The summed E-state index contributed by atoms with van der Waals surface area (Å²) in [5.74, 6) is -0.145. The normalized spacial score (nSPS) is 13.7. The van der Waals surface area contributed by atoms with Gasteiger partial charge >= 0.3 is 0 Å². The van der Waals surface area contributed by atoms with E-state index in [1.54, 1.807) is 0 Å². The molecule has 0 aliphatic carbocycles. The fraction of sp³-hybridized carbons (Fsp3) is 0.333. The number of nitro benzene ring substituents is 1. The minimum atomic E-state index is -0.614. The number of hydrogen-bond donors (Lipinski definition) is 0. The van der Waals surface area contributed by atoms with Crippen molar-refractivity contribution in [1.82, 2.24) is 15.0 Å². The summed E-state index contributed by atoms with van der Waals surface area (Å²) >= 11 is 0. The molecule has 1 aromatic carbocycles. The monoisotopic (exact) mass is 330 g/mol. The molecule has 124 valence electrons. The Labute approximate surface area is 136 Å². The number of nitro groups is 1. The van der Waals surface area contributed by atoms with Crippen LogP contribution in [-0.4, -0.2) is 31.8 Å². The van der Waals surface area contributed by atoms with Crippen LogP contribution in [-0.2, 0) is 13.0 Å². The highest BCUT2D eigenvalue weighted by molar-refractivity contribution is 6.21. The minimum Gasteiger partial charge on any atom is -0.337 e. The summed E-state index contributed by atoms with van der Waals surface area (Å²) in [4.78, 5) is 40.0. The SMILES string of the molecule is CC(C)Cc1noc(CN2C(=O)c3ccc([N+](=O)[O-])cc3C2=O)n1. The van der Waals surface area contributed by atoms with E-state index < -0.39 is 16.7 Å². The van der Waals surface area contributed by atoms with E-state index in [1.165, 1.54) is 12.1 Å². The molecule has 2 heterocycles. The van der Waals surface area contributed by atoms with Crippen molar-refractivity contribution in [1.29, 1.82) is 0 Å². The number of nitrogens with zero attached hydrogens (tertiary/aromatic N) is 4. The van der Waals surface area contributed by atoms with Crippen molar-refractivity contribution in [3.63, 3.8) is 0 Å². The molecule has 0 spiro atoms. The molecule has 2 aromatic rings. The highest BCUT2D eigenvalue weighted by Crippen LogP contribution is 2.27. The zero-order valence-electron chi connectivity index (χ0n) is 13.1. The fourth-order valence-corrected chi connectivity index (χ4v) is 2.47.